The van der Waals surface area contributed by atoms with Crippen LogP contribution in [-0.2, 0) is 4.79 Å². The minimum atomic E-state index is -0.952. The van der Waals surface area contributed by atoms with Crippen LogP contribution in [0.1, 0.15) is 16.8 Å². The number of nitrogens with zero attached hydrogens (tertiary/aromatic N) is 1. The second-order valence-corrected chi connectivity index (χ2v) is 7.74. The van der Waals surface area contributed by atoms with E-state index in [0.29, 0.717) is 11.8 Å². The number of hydrogen-bond acceptors (Lipinski definition) is 4. The molecule has 0 aliphatic heterocycles. The van der Waals surface area contributed by atoms with Crippen molar-refractivity contribution in [2.45, 2.75) is 6.42 Å². The van der Waals surface area contributed by atoms with Crippen LogP contribution in [0.5, 0.6) is 0 Å². The second-order valence-electron chi connectivity index (χ2n) is 6.71. The van der Waals surface area contributed by atoms with Gasteiger partial charge in [0.2, 0.25) is 5.91 Å². The number of aromatic nitrogens is 1. The Labute approximate surface area is 180 Å². The van der Waals surface area contributed by atoms with E-state index in [9.17, 15) is 18.4 Å². The van der Waals surface area contributed by atoms with E-state index in [1.54, 1.807) is 6.07 Å². The second kappa shape index (κ2) is 9.01. The maximum atomic E-state index is 13.7. The summed E-state index contributed by atoms with van der Waals surface area (Å²) in [4.78, 5) is 29.1. The highest BCUT2D eigenvalue weighted by Gasteiger charge is 2.14. The molecule has 0 bridgehead atoms. The number of carbonyl (C=O) groups is 2. The van der Waals surface area contributed by atoms with Crippen molar-refractivity contribution in [2.24, 2.45) is 0 Å². The van der Waals surface area contributed by atoms with E-state index in [1.807, 2.05) is 42.5 Å². The van der Waals surface area contributed by atoms with E-state index < -0.39 is 17.5 Å². The fourth-order valence-corrected chi connectivity index (χ4v) is 4.04. The first kappa shape index (κ1) is 20.6. The number of carbonyl (C=O) groups excluding carboxylic acids is 2. The molecule has 0 spiro atoms. The van der Waals surface area contributed by atoms with Crippen LogP contribution in [0.15, 0.2) is 66.7 Å². The summed E-state index contributed by atoms with van der Waals surface area (Å²) in [6.07, 6.45) is -0.0112. The molecular weight excluding hydrogens is 420 g/mol. The molecule has 0 fully saturated rings. The van der Waals surface area contributed by atoms with E-state index in [0.717, 1.165) is 32.9 Å². The van der Waals surface area contributed by atoms with Gasteiger partial charge in [-0.2, -0.15) is 0 Å². The fraction of sp³-hybridized carbons (Fsp3) is 0.0870. The van der Waals surface area contributed by atoms with Crippen molar-refractivity contribution in [2.75, 3.05) is 11.9 Å². The first-order chi connectivity index (χ1) is 15.0. The Balaban J connectivity index is 1.39. The van der Waals surface area contributed by atoms with Gasteiger partial charge >= 0.3 is 0 Å². The number of anilines is 1. The van der Waals surface area contributed by atoms with E-state index in [2.05, 4.69) is 15.6 Å². The molecule has 31 heavy (non-hydrogen) atoms. The van der Waals surface area contributed by atoms with E-state index in [4.69, 9.17) is 0 Å². The van der Waals surface area contributed by atoms with Crippen molar-refractivity contribution in [3.8, 4) is 10.6 Å². The highest BCUT2D eigenvalue weighted by Crippen LogP contribution is 2.34. The zero-order valence-corrected chi connectivity index (χ0v) is 17.0. The van der Waals surface area contributed by atoms with Crippen LogP contribution in [0.25, 0.3) is 20.8 Å². The largest absolute Gasteiger partial charge is 0.351 e. The molecule has 1 heterocycles. The molecule has 0 radical (unpaired) electrons. The Morgan fingerprint density at radius 1 is 0.968 bits per heavy atom. The number of benzene rings is 3. The SMILES string of the molecule is O=C(CCNC(=O)c1ccc(F)cc1F)Nc1ccccc1-c1nc2ccccc2s1. The van der Waals surface area contributed by atoms with Gasteiger partial charge in [-0.15, -0.1) is 11.3 Å². The average Bonchev–Trinajstić information content (AvgIpc) is 3.18. The normalized spacial score (nSPS) is 10.8. The Kier molecular flexibility index (Phi) is 5.99. The number of halogens is 2. The van der Waals surface area contributed by atoms with Crippen LogP contribution in [0.4, 0.5) is 14.5 Å². The number of thiazole rings is 1. The molecule has 3 aromatic carbocycles. The fourth-order valence-electron chi connectivity index (χ4n) is 3.04. The molecule has 0 saturated heterocycles. The van der Waals surface area contributed by atoms with Crippen molar-refractivity contribution in [3.63, 3.8) is 0 Å². The highest BCUT2D eigenvalue weighted by atomic mass is 32.1. The number of amides is 2. The maximum Gasteiger partial charge on any atom is 0.254 e. The van der Waals surface area contributed by atoms with Gasteiger partial charge in [-0.05, 0) is 36.4 Å². The topological polar surface area (TPSA) is 71.1 Å². The monoisotopic (exact) mass is 437 g/mol. The van der Waals surface area contributed by atoms with Gasteiger partial charge in [0.25, 0.3) is 5.91 Å². The third-order valence-electron chi connectivity index (χ3n) is 4.54. The predicted octanol–water partition coefficient (Wildman–Crippen LogP) is 5.00. The van der Waals surface area contributed by atoms with Crippen LogP contribution in [0, 0.1) is 11.6 Å². The Hall–Kier alpha value is -3.65. The number of rotatable bonds is 6. The lowest BCUT2D eigenvalue weighted by Gasteiger charge is -2.10. The molecule has 0 aliphatic carbocycles. The summed E-state index contributed by atoms with van der Waals surface area (Å²) in [5.74, 6) is -2.74. The van der Waals surface area contributed by atoms with Gasteiger partial charge in [0.05, 0.1) is 21.5 Å². The summed E-state index contributed by atoms with van der Waals surface area (Å²) >= 11 is 1.53. The van der Waals surface area contributed by atoms with E-state index >= 15 is 0 Å². The van der Waals surface area contributed by atoms with E-state index in [-0.39, 0.29) is 24.4 Å². The van der Waals surface area contributed by atoms with Gasteiger partial charge < -0.3 is 10.6 Å². The summed E-state index contributed by atoms with van der Waals surface area (Å²) in [6.45, 7) is 0.00475. The standard InChI is InChI=1S/C23H17F2N3O2S/c24-14-9-10-15(17(25)13-14)22(30)26-12-11-21(29)27-18-6-2-1-5-16(18)23-28-19-7-3-4-8-20(19)31-23/h1-10,13H,11-12H2,(H,26,30)(H,27,29). The number of nitrogens with one attached hydrogen (secondary N) is 2. The van der Waals surface area contributed by atoms with Crippen LogP contribution < -0.4 is 10.6 Å². The molecule has 4 aromatic rings. The summed E-state index contributed by atoms with van der Waals surface area (Å²) in [6, 6.07) is 17.8. The van der Waals surface area contributed by atoms with Gasteiger partial charge in [0.1, 0.15) is 16.6 Å². The Morgan fingerprint density at radius 3 is 2.55 bits per heavy atom. The molecule has 2 amide bonds. The smallest absolute Gasteiger partial charge is 0.254 e. The Morgan fingerprint density at radius 2 is 1.74 bits per heavy atom. The third kappa shape index (κ3) is 4.75. The molecule has 156 valence electrons. The summed E-state index contributed by atoms with van der Waals surface area (Å²) < 4.78 is 27.7. The summed E-state index contributed by atoms with van der Waals surface area (Å²) in [5, 5.41) is 6.10. The van der Waals surface area contributed by atoms with Crippen molar-refractivity contribution in [1.29, 1.82) is 0 Å². The molecule has 1 aromatic heterocycles. The third-order valence-corrected chi connectivity index (χ3v) is 5.61. The van der Waals surface area contributed by atoms with Crippen LogP contribution >= 0.6 is 11.3 Å². The first-order valence-corrected chi connectivity index (χ1v) is 10.3. The van der Waals surface area contributed by atoms with Crippen molar-refractivity contribution < 1.29 is 18.4 Å². The zero-order chi connectivity index (χ0) is 21.8. The lowest BCUT2D eigenvalue weighted by molar-refractivity contribution is -0.116. The summed E-state index contributed by atoms with van der Waals surface area (Å²) in [7, 11) is 0. The maximum absolute atomic E-state index is 13.7. The van der Waals surface area contributed by atoms with Gasteiger partial charge in [0, 0.05) is 24.6 Å². The average molecular weight is 437 g/mol. The number of hydrogen-bond donors (Lipinski definition) is 2. The van der Waals surface area contributed by atoms with Crippen LogP contribution in [-0.4, -0.2) is 23.3 Å². The molecule has 0 aliphatic rings. The molecule has 0 saturated carbocycles. The van der Waals surface area contributed by atoms with Gasteiger partial charge in [-0.3, -0.25) is 9.59 Å². The molecule has 8 heteroatoms. The van der Waals surface area contributed by atoms with Crippen molar-refractivity contribution in [1.82, 2.24) is 10.3 Å². The zero-order valence-electron chi connectivity index (χ0n) is 16.2. The highest BCUT2D eigenvalue weighted by molar-refractivity contribution is 7.21. The van der Waals surface area contributed by atoms with Crippen LogP contribution in [0.2, 0.25) is 0 Å². The van der Waals surface area contributed by atoms with Gasteiger partial charge in [-0.25, -0.2) is 13.8 Å². The molecule has 2 N–H and O–H groups in total. The minimum Gasteiger partial charge on any atom is -0.351 e. The van der Waals surface area contributed by atoms with E-state index in [1.165, 1.54) is 11.3 Å². The van der Waals surface area contributed by atoms with Gasteiger partial charge in [0.15, 0.2) is 0 Å². The molecule has 4 rings (SSSR count). The first-order valence-electron chi connectivity index (χ1n) is 9.49. The lowest BCUT2D eigenvalue weighted by Crippen LogP contribution is -2.28. The van der Waals surface area contributed by atoms with Gasteiger partial charge in [-0.1, -0.05) is 24.3 Å². The lowest BCUT2D eigenvalue weighted by atomic mass is 10.1. The van der Waals surface area contributed by atoms with Crippen molar-refractivity contribution >= 4 is 39.1 Å². The molecule has 5 nitrogen and oxygen atoms in total. The number of para-hydroxylation sites is 2. The summed E-state index contributed by atoms with van der Waals surface area (Å²) in [5.41, 5.74) is 2.03. The minimum absolute atomic E-state index is 0.00475. The quantitative estimate of drug-likeness (QED) is 0.446. The molecule has 0 unspecified atom stereocenters. The predicted molar refractivity (Wildman–Crippen MR) is 117 cm³/mol. The molecule has 0 atom stereocenters. The van der Waals surface area contributed by atoms with Crippen molar-refractivity contribution in [3.05, 3.63) is 83.9 Å². The Bertz CT molecular complexity index is 1240. The van der Waals surface area contributed by atoms with Crippen LogP contribution in [0.3, 0.4) is 0 Å². The molecular formula is C23H17F2N3O2S. The number of fused-ring (bicyclic) bond motifs is 1.